The molecule has 0 aliphatic rings. The van der Waals surface area contributed by atoms with Gasteiger partial charge in [0.1, 0.15) is 0 Å². The second-order valence-electron chi connectivity index (χ2n) is 5.63. The number of hydrogen-bond donors (Lipinski definition) is 1. The lowest BCUT2D eigenvalue weighted by atomic mass is 10.1. The van der Waals surface area contributed by atoms with Crippen LogP contribution in [0.15, 0.2) is 24.3 Å². The van der Waals surface area contributed by atoms with Crippen molar-refractivity contribution in [3.63, 3.8) is 0 Å². The quantitative estimate of drug-likeness (QED) is 0.854. The molecule has 0 aliphatic heterocycles. The van der Waals surface area contributed by atoms with E-state index in [2.05, 4.69) is 69.2 Å². The van der Waals surface area contributed by atoms with Gasteiger partial charge in [0.2, 0.25) is 0 Å². The van der Waals surface area contributed by atoms with Crippen molar-refractivity contribution in [1.82, 2.24) is 10.3 Å². The average molecular weight is 303 g/mol. The monoisotopic (exact) mass is 303 g/mol. The van der Waals surface area contributed by atoms with E-state index in [1.165, 1.54) is 21.8 Å². The molecule has 0 aliphatic carbocycles. The second kappa shape index (κ2) is 7.05. The Morgan fingerprint density at radius 1 is 1.24 bits per heavy atom. The van der Waals surface area contributed by atoms with Gasteiger partial charge < -0.3 is 10.2 Å². The highest BCUT2D eigenvalue weighted by Gasteiger charge is 2.16. The van der Waals surface area contributed by atoms with Gasteiger partial charge in [-0.05, 0) is 31.5 Å². The minimum Gasteiger partial charge on any atom is -0.321 e. The fourth-order valence-electron chi connectivity index (χ4n) is 2.19. The minimum atomic E-state index is 0.454. The van der Waals surface area contributed by atoms with Crippen molar-refractivity contribution in [3.05, 3.63) is 40.4 Å². The number of hydrogen-bond acceptors (Lipinski definition) is 4. The average Bonchev–Trinajstić information content (AvgIpc) is 2.89. The fraction of sp³-hybridized carbons (Fsp3) is 0.471. The van der Waals surface area contributed by atoms with Crippen LogP contribution in [-0.2, 0) is 6.54 Å². The lowest BCUT2D eigenvalue weighted by Gasteiger charge is -2.16. The molecule has 4 heteroatoms. The Bertz CT molecular complexity index is 572. The van der Waals surface area contributed by atoms with Crippen molar-refractivity contribution in [2.75, 3.05) is 18.5 Å². The van der Waals surface area contributed by atoms with E-state index < -0.39 is 0 Å². The van der Waals surface area contributed by atoms with Gasteiger partial charge in [0.25, 0.3) is 0 Å². The lowest BCUT2D eigenvalue weighted by Crippen LogP contribution is -2.12. The SMILES string of the molecule is CCNCc1sc(N(C)c2ccc(C)cc2)nc1C(C)C. The smallest absolute Gasteiger partial charge is 0.190 e. The molecule has 0 atom stereocenters. The Balaban J connectivity index is 2.28. The lowest BCUT2D eigenvalue weighted by molar-refractivity contribution is 0.714. The molecule has 0 saturated carbocycles. The number of nitrogens with one attached hydrogen (secondary N) is 1. The summed E-state index contributed by atoms with van der Waals surface area (Å²) in [6.45, 7) is 10.6. The van der Waals surface area contributed by atoms with Crippen molar-refractivity contribution in [2.45, 2.75) is 40.2 Å². The summed E-state index contributed by atoms with van der Waals surface area (Å²) in [5, 5.41) is 4.48. The minimum absolute atomic E-state index is 0.454. The zero-order chi connectivity index (χ0) is 15.4. The van der Waals surface area contributed by atoms with Crippen molar-refractivity contribution in [3.8, 4) is 0 Å². The fourth-order valence-corrected chi connectivity index (χ4v) is 3.36. The number of rotatable bonds is 6. The van der Waals surface area contributed by atoms with Gasteiger partial charge in [-0.3, -0.25) is 0 Å². The molecule has 1 heterocycles. The molecule has 0 radical (unpaired) electrons. The van der Waals surface area contributed by atoms with Crippen LogP contribution in [0.2, 0.25) is 0 Å². The van der Waals surface area contributed by atoms with Gasteiger partial charge in [-0.15, -0.1) is 0 Å². The summed E-state index contributed by atoms with van der Waals surface area (Å²) in [5.74, 6) is 0.454. The number of anilines is 2. The van der Waals surface area contributed by atoms with E-state index in [-0.39, 0.29) is 0 Å². The van der Waals surface area contributed by atoms with Crippen LogP contribution < -0.4 is 10.2 Å². The molecule has 1 aromatic heterocycles. The van der Waals surface area contributed by atoms with Crippen molar-refractivity contribution in [1.29, 1.82) is 0 Å². The topological polar surface area (TPSA) is 28.2 Å². The van der Waals surface area contributed by atoms with Gasteiger partial charge in [-0.2, -0.15) is 0 Å². The maximum Gasteiger partial charge on any atom is 0.190 e. The molecule has 21 heavy (non-hydrogen) atoms. The first-order chi connectivity index (χ1) is 10.0. The highest BCUT2D eigenvalue weighted by molar-refractivity contribution is 7.15. The number of thiazole rings is 1. The summed E-state index contributed by atoms with van der Waals surface area (Å²) in [5.41, 5.74) is 3.68. The van der Waals surface area contributed by atoms with E-state index in [1.54, 1.807) is 11.3 Å². The third kappa shape index (κ3) is 3.83. The Labute approximate surface area is 132 Å². The van der Waals surface area contributed by atoms with Crippen molar-refractivity contribution >= 4 is 22.2 Å². The highest BCUT2D eigenvalue weighted by Crippen LogP contribution is 2.33. The molecule has 3 nitrogen and oxygen atoms in total. The molecular weight excluding hydrogens is 278 g/mol. The predicted molar refractivity (Wildman–Crippen MR) is 92.8 cm³/mol. The molecular formula is C17H25N3S. The van der Waals surface area contributed by atoms with Gasteiger partial charge in [-0.25, -0.2) is 4.98 Å². The van der Waals surface area contributed by atoms with Crippen LogP contribution in [0, 0.1) is 6.92 Å². The molecule has 2 aromatic rings. The van der Waals surface area contributed by atoms with E-state index in [9.17, 15) is 0 Å². The molecule has 1 N–H and O–H groups in total. The Hall–Kier alpha value is -1.39. The van der Waals surface area contributed by atoms with Crippen molar-refractivity contribution < 1.29 is 0 Å². The highest BCUT2D eigenvalue weighted by atomic mass is 32.1. The largest absolute Gasteiger partial charge is 0.321 e. The normalized spacial score (nSPS) is 11.1. The Morgan fingerprint density at radius 3 is 2.48 bits per heavy atom. The van der Waals surface area contributed by atoms with Crippen LogP contribution in [-0.4, -0.2) is 18.6 Å². The molecule has 1 aromatic carbocycles. The van der Waals surface area contributed by atoms with E-state index in [1.807, 2.05) is 0 Å². The standard InChI is InChI=1S/C17H25N3S/c1-6-18-11-15-16(12(2)3)19-17(21-15)20(5)14-9-7-13(4)8-10-14/h7-10,12,18H,6,11H2,1-5H3. The predicted octanol–water partition coefficient (Wildman–Crippen LogP) is 4.45. The van der Waals surface area contributed by atoms with Crippen LogP contribution in [0.4, 0.5) is 10.8 Å². The zero-order valence-corrected chi connectivity index (χ0v) is 14.4. The molecule has 0 bridgehead atoms. The summed E-state index contributed by atoms with van der Waals surface area (Å²) in [7, 11) is 2.09. The van der Waals surface area contributed by atoms with Crippen LogP contribution >= 0.6 is 11.3 Å². The summed E-state index contributed by atoms with van der Waals surface area (Å²) in [6.07, 6.45) is 0. The molecule has 0 spiro atoms. The van der Waals surface area contributed by atoms with Gasteiger partial charge in [-0.1, -0.05) is 49.8 Å². The summed E-state index contributed by atoms with van der Waals surface area (Å²) in [4.78, 5) is 8.39. The van der Waals surface area contributed by atoms with Crippen LogP contribution in [0.1, 0.15) is 42.8 Å². The van der Waals surface area contributed by atoms with Gasteiger partial charge in [0, 0.05) is 24.2 Å². The maximum absolute atomic E-state index is 4.87. The molecule has 0 unspecified atom stereocenters. The van der Waals surface area contributed by atoms with E-state index in [0.29, 0.717) is 5.92 Å². The van der Waals surface area contributed by atoms with E-state index in [4.69, 9.17) is 4.98 Å². The second-order valence-corrected chi connectivity index (χ2v) is 6.70. The van der Waals surface area contributed by atoms with Gasteiger partial charge >= 0.3 is 0 Å². The molecule has 0 saturated heterocycles. The summed E-state index contributed by atoms with van der Waals surface area (Å²) < 4.78 is 0. The molecule has 114 valence electrons. The summed E-state index contributed by atoms with van der Waals surface area (Å²) in [6, 6.07) is 8.58. The Morgan fingerprint density at radius 2 is 1.90 bits per heavy atom. The first kappa shape index (κ1) is 16.0. The van der Waals surface area contributed by atoms with Gasteiger partial charge in [0.15, 0.2) is 5.13 Å². The first-order valence-corrected chi connectivity index (χ1v) is 8.35. The van der Waals surface area contributed by atoms with Crippen LogP contribution in [0.25, 0.3) is 0 Å². The maximum atomic E-state index is 4.87. The number of nitrogens with zero attached hydrogens (tertiary/aromatic N) is 2. The molecule has 0 amide bonds. The number of benzene rings is 1. The summed E-state index contributed by atoms with van der Waals surface area (Å²) >= 11 is 1.79. The molecule has 2 rings (SSSR count). The van der Waals surface area contributed by atoms with Crippen LogP contribution in [0.3, 0.4) is 0 Å². The third-order valence-electron chi connectivity index (χ3n) is 3.51. The third-order valence-corrected chi connectivity index (χ3v) is 4.65. The van der Waals surface area contributed by atoms with E-state index in [0.717, 1.165) is 18.2 Å². The van der Waals surface area contributed by atoms with Crippen molar-refractivity contribution in [2.24, 2.45) is 0 Å². The molecule has 0 fully saturated rings. The zero-order valence-electron chi connectivity index (χ0n) is 13.6. The van der Waals surface area contributed by atoms with Crippen LogP contribution in [0.5, 0.6) is 0 Å². The number of aromatic nitrogens is 1. The number of aryl methyl sites for hydroxylation is 1. The van der Waals surface area contributed by atoms with E-state index >= 15 is 0 Å². The van der Waals surface area contributed by atoms with Gasteiger partial charge in [0.05, 0.1) is 5.69 Å². The first-order valence-electron chi connectivity index (χ1n) is 7.53. The Kier molecular flexibility index (Phi) is 5.37.